The molecule has 0 aromatic carbocycles. The highest BCUT2D eigenvalue weighted by atomic mass is 16.5. The van der Waals surface area contributed by atoms with Gasteiger partial charge in [0.15, 0.2) is 6.04 Å². The summed E-state index contributed by atoms with van der Waals surface area (Å²) in [6, 6.07) is 0.455. The predicted octanol–water partition coefficient (Wildman–Crippen LogP) is -0.386. The molecule has 1 amide bonds. The number of aromatic nitrogens is 2. The molecule has 7 heteroatoms. The zero-order valence-corrected chi connectivity index (χ0v) is 10.4. The standard InChI is InChI=1S/C11H17N3O4/c1-3-14-8(5-6-13-14)10(16)9(12-7-15)11(17)18-4-2/h5-7,9-10,16H,3-4H2,1-2H3,(H,12,15). The van der Waals surface area contributed by atoms with E-state index in [1.165, 1.54) is 6.20 Å². The molecule has 1 aromatic rings. The zero-order valence-electron chi connectivity index (χ0n) is 10.4. The molecule has 2 atom stereocenters. The second-order valence-electron chi connectivity index (χ2n) is 3.53. The SMILES string of the molecule is CCOC(=O)C(NC=O)C(O)c1ccnn1CC. The molecular weight excluding hydrogens is 238 g/mol. The molecule has 1 rings (SSSR count). The van der Waals surface area contributed by atoms with Gasteiger partial charge in [0.25, 0.3) is 0 Å². The number of nitrogens with one attached hydrogen (secondary N) is 1. The van der Waals surface area contributed by atoms with Crippen molar-refractivity contribution in [3.05, 3.63) is 18.0 Å². The molecule has 2 unspecified atom stereocenters. The van der Waals surface area contributed by atoms with Gasteiger partial charge in [0, 0.05) is 12.7 Å². The maximum Gasteiger partial charge on any atom is 0.331 e. The van der Waals surface area contributed by atoms with E-state index >= 15 is 0 Å². The van der Waals surface area contributed by atoms with Crippen molar-refractivity contribution in [3.63, 3.8) is 0 Å². The first-order valence-electron chi connectivity index (χ1n) is 5.71. The van der Waals surface area contributed by atoms with Crippen molar-refractivity contribution >= 4 is 12.4 Å². The van der Waals surface area contributed by atoms with Crippen LogP contribution in [0.15, 0.2) is 12.3 Å². The Morgan fingerprint density at radius 3 is 2.94 bits per heavy atom. The first kappa shape index (κ1) is 14.2. The molecule has 0 radical (unpaired) electrons. The number of aliphatic hydroxyl groups is 1. The van der Waals surface area contributed by atoms with Gasteiger partial charge in [0.2, 0.25) is 6.41 Å². The van der Waals surface area contributed by atoms with Crippen LogP contribution in [-0.4, -0.2) is 39.9 Å². The van der Waals surface area contributed by atoms with E-state index in [-0.39, 0.29) is 6.61 Å². The Morgan fingerprint density at radius 2 is 2.39 bits per heavy atom. The molecule has 0 bridgehead atoms. The third-order valence-electron chi connectivity index (χ3n) is 2.46. The van der Waals surface area contributed by atoms with E-state index in [0.717, 1.165) is 0 Å². The van der Waals surface area contributed by atoms with Crippen LogP contribution in [0.25, 0.3) is 0 Å². The molecule has 0 spiro atoms. The minimum absolute atomic E-state index is 0.176. The molecule has 0 saturated carbocycles. The molecule has 1 aromatic heterocycles. The summed E-state index contributed by atoms with van der Waals surface area (Å²) >= 11 is 0. The molecule has 0 aliphatic rings. The van der Waals surface area contributed by atoms with Gasteiger partial charge in [-0.25, -0.2) is 4.79 Å². The van der Waals surface area contributed by atoms with Crippen molar-refractivity contribution in [2.24, 2.45) is 0 Å². The number of aryl methyl sites for hydroxylation is 1. The summed E-state index contributed by atoms with van der Waals surface area (Å²) < 4.78 is 6.34. The number of carbonyl (C=O) groups is 2. The molecule has 7 nitrogen and oxygen atoms in total. The highest BCUT2D eigenvalue weighted by molar-refractivity contribution is 5.79. The average molecular weight is 255 g/mol. The topological polar surface area (TPSA) is 93.4 Å². The fraction of sp³-hybridized carbons (Fsp3) is 0.545. The number of nitrogens with zero attached hydrogens (tertiary/aromatic N) is 2. The molecule has 0 aliphatic heterocycles. The number of hydrogen-bond donors (Lipinski definition) is 2. The van der Waals surface area contributed by atoms with E-state index in [1.54, 1.807) is 17.7 Å². The zero-order chi connectivity index (χ0) is 13.5. The van der Waals surface area contributed by atoms with Crippen LogP contribution in [0.1, 0.15) is 25.6 Å². The summed E-state index contributed by atoms with van der Waals surface area (Å²) in [5, 5.41) is 16.4. The molecule has 18 heavy (non-hydrogen) atoms. The molecule has 0 fully saturated rings. The van der Waals surface area contributed by atoms with Crippen molar-refractivity contribution in [1.29, 1.82) is 0 Å². The number of esters is 1. The fourth-order valence-electron chi connectivity index (χ4n) is 1.62. The van der Waals surface area contributed by atoms with Crippen molar-refractivity contribution in [3.8, 4) is 0 Å². The minimum Gasteiger partial charge on any atom is -0.464 e. The van der Waals surface area contributed by atoms with Crippen LogP contribution < -0.4 is 5.32 Å². The Kier molecular flexibility index (Phi) is 5.31. The third kappa shape index (κ3) is 3.07. The Hall–Kier alpha value is -1.89. The second kappa shape index (κ2) is 6.75. The summed E-state index contributed by atoms with van der Waals surface area (Å²) in [7, 11) is 0. The highest BCUT2D eigenvalue weighted by Gasteiger charge is 2.30. The van der Waals surface area contributed by atoms with Crippen LogP contribution in [0.3, 0.4) is 0 Å². The summed E-state index contributed by atoms with van der Waals surface area (Å²) in [6.45, 7) is 4.24. The van der Waals surface area contributed by atoms with Crippen LogP contribution in [-0.2, 0) is 20.9 Å². The van der Waals surface area contributed by atoms with Crippen molar-refractivity contribution in [1.82, 2.24) is 15.1 Å². The summed E-state index contributed by atoms with van der Waals surface area (Å²) in [4.78, 5) is 22.1. The molecule has 2 N–H and O–H groups in total. The molecule has 0 saturated heterocycles. The maximum absolute atomic E-state index is 11.6. The summed E-state index contributed by atoms with van der Waals surface area (Å²) in [6.07, 6.45) is 0.680. The summed E-state index contributed by atoms with van der Waals surface area (Å²) in [5.74, 6) is -0.680. The fourth-order valence-corrected chi connectivity index (χ4v) is 1.62. The molecular formula is C11H17N3O4. The number of ether oxygens (including phenoxy) is 1. The van der Waals surface area contributed by atoms with Gasteiger partial charge in [-0.05, 0) is 19.9 Å². The average Bonchev–Trinajstić information content (AvgIpc) is 2.83. The smallest absolute Gasteiger partial charge is 0.331 e. The van der Waals surface area contributed by atoms with E-state index in [4.69, 9.17) is 4.74 Å². The quantitative estimate of drug-likeness (QED) is 0.511. The minimum atomic E-state index is -1.20. The second-order valence-corrected chi connectivity index (χ2v) is 3.53. The monoisotopic (exact) mass is 255 g/mol. The Morgan fingerprint density at radius 1 is 1.67 bits per heavy atom. The van der Waals surface area contributed by atoms with Crippen molar-refractivity contribution < 1.29 is 19.4 Å². The number of aliphatic hydroxyl groups excluding tert-OH is 1. The van der Waals surface area contributed by atoms with Gasteiger partial charge in [0.1, 0.15) is 6.10 Å². The predicted molar refractivity (Wildman–Crippen MR) is 62.5 cm³/mol. The van der Waals surface area contributed by atoms with Gasteiger partial charge < -0.3 is 15.2 Å². The molecule has 1 heterocycles. The van der Waals surface area contributed by atoms with E-state index in [1.807, 2.05) is 6.92 Å². The number of carbonyl (C=O) groups excluding carboxylic acids is 2. The van der Waals surface area contributed by atoms with E-state index < -0.39 is 18.1 Å². The number of amides is 1. The number of rotatable bonds is 7. The van der Waals surface area contributed by atoms with Gasteiger partial charge in [-0.15, -0.1) is 0 Å². The Bertz CT molecular complexity index is 405. The third-order valence-corrected chi connectivity index (χ3v) is 2.46. The van der Waals surface area contributed by atoms with Gasteiger partial charge in [-0.2, -0.15) is 5.10 Å². The maximum atomic E-state index is 11.6. The largest absolute Gasteiger partial charge is 0.464 e. The van der Waals surface area contributed by atoms with Crippen LogP contribution in [0.5, 0.6) is 0 Å². The lowest BCUT2D eigenvalue weighted by molar-refractivity contribution is -0.150. The lowest BCUT2D eigenvalue weighted by Gasteiger charge is -2.21. The van der Waals surface area contributed by atoms with Crippen molar-refractivity contribution in [2.75, 3.05) is 6.61 Å². The van der Waals surface area contributed by atoms with E-state index in [9.17, 15) is 14.7 Å². The normalized spacial score (nSPS) is 13.7. The Balaban J connectivity index is 2.91. The lowest BCUT2D eigenvalue weighted by Crippen LogP contribution is -2.42. The van der Waals surface area contributed by atoms with Crippen LogP contribution in [0.4, 0.5) is 0 Å². The first-order chi connectivity index (χ1) is 8.65. The molecule has 0 aliphatic carbocycles. The van der Waals surface area contributed by atoms with Gasteiger partial charge in [-0.1, -0.05) is 0 Å². The van der Waals surface area contributed by atoms with E-state index in [2.05, 4.69) is 10.4 Å². The van der Waals surface area contributed by atoms with Crippen molar-refractivity contribution in [2.45, 2.75) is 32.5 Å². The van der Waals surface area contributed by atoms with Crippen LogP contribution >= 0.6 is 0 Å². The van der Waals surface area contributed by atoms with Crippen LogP contribution in [0, 0.1) is 0 Å². The lowest BCUT2D eigenvalue weighted by atomic mass is 10.1. The van der Waals surface area contributed by atoms with E-state index in [0.29, 0.717) is 18.6 Å². The van der Waals surface area contributed by atoms with Gasteiger partial charge in [-0.3, -0.25) is 9.48 Å². The summed E-state index contributed by atoms with van der Waals surface area (Å²) in [5.41, 5.74) is 0.449. The molecule has 100 valence electrons. The van der Waals surface area contributed by atoms with Crippen LogP contribution in [0.2, 0.25) is 0 Å². The van der Waals surface area contributed by atoms with Gasteiger partial charge >= 0.3 is 5.97 Å². The van der Waals surface area contributed by atoms with Gasteiger partial charge in [0.05, 0.1) is 12.3 Å². The first-order valence-corrected chi connectivity index (χ1v) is 5.71. The number of hydrogen-bond acceptors (Lipinski definition) is 5. The highest BCUT2D eigenvalue weighted by Crippen LogP contribution is 2.17. The Labute approximate surface area is 105 Å².